The number of aromatic nitrogens is 1. The summed E-state index contributed by atoms with van der Waals surface area (Å²) in [6.45, 7) is 3.13. The first-order valence-electron chi connectivity index (χ1n) is 7.36. The van der Waals surface area contributed by atoms with Crippen LogP contribution in [0.1, 0.15) is 22.3 Å². The minimum Gasteiger partial charge on any atom is -0.472 e. The lowest BCUT2D eigenvalue weighted by atomic mass is 10.2. The summed E-state index contributed by atoms with van der Waals surface area (Å²) in [5.41, 5.74) is 1.54. The van der Waals surface area contributed by atoms with E-state index in [9.17, 15) is 4.79 Å². The number of hydrogen-bond donors (Lipinski definition) is 0. The van der Waals surface area contributed by atoms with E-state index in [1.54, 1.807) is 29.3 Å². The fraction of sp³-hybridized carbons (Fsp3) is 0.294. The van der Waals surface area contributed by atoms with E-state index in [-0.39, 0.29) is 12.0 Å². The lowest BCUT2D eigenvalue weighted by Gasteiger charge is -2.17. The van der Waals surface area contributed by atoms with E-state index in [4.69, 9.17) is 27.9 Å². The van der Waals surface area contributed by atoms with Crippen molar-refractivity contribution in [1.29, 1.82) is 0 Å². The molecule has 4 nitrogen and oxygen atoms in total. The third-order valence-corrected chi connectivity index (χ3v) is 4.31. The average Bonchev–Trinajstić information content (AvgIpc) is 2.97. The predicted molar refractivity (Wildman–Crippen MR) is 90.4 cm³/mol. The Kier molecular flexibility index (Phi) is 4.74. The lowest BCUT2D eigenvalue weighted by Crippen LogP contribution is -2.31. The molecular formula is C17H16Cl2N2O2. The fourth-order valence-corrected chi connectivity index (χ4v) is 3.03. The summed E-state index contributed by atoms with van der Waals surface area (Å²) < 4.78 is 5.84. The molecule has 1 aliphatic rings. The summed E-state index contributed by atoms with van der Waals surface area (Å²) in [5.74, 6) is 0.481. The molecule has 1 aromatic carbocycles. The van der Waals surface area contributed by atoms with Crippen molar-refractivity contribution in [2.24, 2.45) is 0 Å². The third kappa shape index (κ3) is 3.77. The topological polar surface area (TPSA) is 42.4 Å². The van der Waals surface area contributed by atoms with Crippen LogP contribution in [0.5, 0.6) is 5.88 Å². The highest BCUT2D eigenvalue weighted by molar-refractivity contribution is 6.36. The van der Waals surface area contributed by atoms with Gasteiger partial charge in [0.05, 0.1) is 17.1 Å². The number of aryl methyl sites for hydroxylation is 1. The first-order valence-corrected chi connectivity index (χ1v) is 8.12. The second-order valence-corrected chi connectivity index (χ2v) is 6.42. The summed E-state index contributed by atoms with van der Waals surface area (Å²) in [6, 6.07) is 8.70. The number of amides is 1. The van der Waals surface area contributed by atoms with Crippen LogP contribution in [0.15, 0.2) is 36.5 Å². The maximum absolute atomic E-state index is 12.5. The van der Waals surface area contributed by atoms with Gasteiger partial charge in [0.25, 0.3) is 5.91 Å². The van der Waals surface area contributed by atoms with Crippen molar-refractivity contribution in [3.8, 4) is 5.88 Å². The molecule has 0 spiro atoms. The highest BCUT2D eigenvalue weighted by Crippen LogP contribution is 2.24. The van der Waals surface area contributed by atoms with Gasteiger partial charge in [-0.2, -0.15) is 0 Å². The Morgan fingerprint density at radius 3 is 2.83 bits per heavy atom. The predicted octanol–water partition coefficient (Wildman–Crippen LogP) is 3.99. The van der Waals surface area contributed by atoms with Gasteiger partial charge in [-0.05, 0) is 30.7 Å². The van der Waals surface area contributed by atoms with Crippen LogP contribution in [0.3, 0.4) is 0 Å². The van der Waals surface area contributed by atoms with Crippen molar-refractivity contribution >= 4 is 29.1 Å². The number of ether oxygens (including phenoxy) is 1. The summed E-state index contributed by atoms with van der Waals surface area (Å²) >= 11 is 12.0. The zero-order valence-electron chi connectivity index (χ0n) is 12.6. The molecule has 2 aromatic rings. The number of halogens is 2. The molecule has 0 aliphatic carbocycles. The number of pyridine rings is 1. The maximum Gasteiger partial charge on any atom is 0.255 e. The van der Waals surface area contributed by atoms with Crippen LogP contribution in [0.2, 0.25) is 10.0 Å². The zero-order valence-corrected chi connectivity index (χ0v) is 14.1. The number of carbonyl (C=O) groups excluding carboxylic acids is 1. The third-order valence-electron chi connectivity index (χ3n) is 3.77. The van der Waals surface area contributed by atoms with Crippen LogP contribution >= 0.6 is 23.2 Å². The molecule has 1 aromatic heterocycles. The first-order chi connectivity index (χ1) is 11.0. The molecule has 0 bridgehead atoms. The summed E-state index contributed by atoms with van der Waals surface area (Å²) in [7, 11) is 0. The Morgan fingerprint density at radius 1 is 1.30 bits per heavy atom. The number of benzene rings is 1. The highest BCUT2D eigenvalue weighted by Gasteiger charge is 2.29. The van der Waals surface area contributed by atoms with E-state index in [2.05, 4.69) is 4.98 Å². The molecule has 120 valence electrons. The van der Waals surface area contributed by atoms with Gasteiger partial charge in [0.1, 0.15) is 6.10 Å². The highest BCUT2D eigenvalue weighted by atomic mass is 35.5. The molecule has 1 unspecified atom stereocenters. The molecule has 1 fully saturated rings. The number of likely N-dealkylation sites (tertiary alicyclic amines) is 1. The Labute approximate surface area is 145 Å². The number of nitrogens with zero attached hydrogens (tertiary/aromatic N) is 2. The van der Waals surface area contributed by atoms with Gasteiger partial charge in [-0.1, -0.05) is 29.3 Å². The molecular weight excluding hydrogens is 335 g/mol. The van der Waals surface area contributed by atoms with Crippen molar-refractivity contribution in [2.45, 2.75) is 19.4 Å². The zero-order chi connectivity index (χ0) is 16.4. The maximum atomic E-state index is 12.5. The summed E-state index contributed by atoms with van der Waals surface area (Å²) in [4.78, 5) is 18.5. The van der Waals surface area contributed by atoms with Crippen molar-refractivity contribution < 1.29 is 9.53 Å². The van der Waals surface area contributed by atoms with Crippen molar-refractivity contribution in [2.75, 3.05) is 13.1 Å². The molecule has 0 radical (unpaired) electrons. The Balaban J connectivity index is 1.65. The van der Waals surface area contributed by atoms with E-state index in [0.29, 0.717) is 34.6 Å². The van der Waals surface area contributed by atoms with E-state index in [1.807, 2.05) is 19.1 Å². The standard InChI is InChI=1S/C17H16Cl2N2O2/c1-11-2-5-16(20-9-11)23-13-6-7-21(10-13)17(22)14-4-3-12(18)8-15(14)19/h2-5,8-9,13H,6-7,10H2,1H3. The van der Waals surface area contributed by atoms with Gasteiger partial charge in [-0.25, -0.2) is 4.98 Å². The quantitative estimate of drug-likeness (QED) is 0.840. The minimum atomic E-state index is -0.102. The minimum absolute atomic E-state index is 0.0553. The van der Waals surface area contributed by atoms with E-state index >= 15 is 0 Å². The SMILES string of the molecule is Cc1ccc(OC2CCN(C(=O)c3ccc(Cl)cc3Cl)C2)nc1. The second kappa shape index (κ2) is 6.77. The average molecular weight is 351 g/mol. The van der Waals surface area contributed by atoms with Gasteiger partial charge in [0, 0.05) is 30.3 Å². The van der Waals surface area contributed by atoms with Crippen molar-refractivity contribution in [3.05, 3.63) is 57.7 Å². The normalized spacial score (nSPS) is 17.3. The number of rotatable bonds is 3. The molecule has 1 amide bonds. The second-order valence-electron chi connectivity index (χ2n) is 5.58. The molecule has 1 aliphatic heterocycles. The monoisotopic (exact) mass is 350 g/mol. The molecule has 2 heterocycles. The smallest absolute Gasteiger partial charge is 0.255 e. The largest absolute Gasteiger partial charge is 0.472 e. The fourth-order valence-electron chi connectivity index (χ4n) is 2.54. The molecule has 1 atom stereocenters. The van der Waals surface area contributed by atoms with Crippen LogP contribution in [-0.2, 0) is 0 Å². The molecule has 0 saturated carbocycles. The first kappa shape index (κ1) is 16.1. The molecule has 6 heteroatoms. The van der Waals surface area contributed by atoms with Crippen LogP contribution in [0.25, 0.3) is 0 Å². The van der Waals surface area contributed by atoms with Gasteiger partial charge in [-0.15, -0.1) is 0 Å². The van der Waals surface area contributed by atoms with Gasteiger partial charge >= 0.3 is 0 Å². The van der Waals surface area contributed by atoms with Gasteiger partial charge in [0.15, 0.2) is 0 Å². The van der Waals surface area contributed by atoms with Gasteiger partial charge in [-0.3, -0.25) is 4.79 Å². The van der Waals surface area contributed by atoms with Crippen LogP contribution in [0, 0.1) is 6.92 Å². The number of carbonyl (C=O) groups is 1. The molecule has 23 heavy (non-hydrogen) atoms. The molecule has 1 saturated heterocycles. The Bertz CT molecular complexity index is 719. The van der Waals surface area contributed by atoms with E-state index in [1.165, 1.54) is 0 Å². The molecule has 0 N–H and O–H groups in total. The van der Waals surface area contributed by atoms with E-state index < -0.39 is 0 Å². The van der Waals surface area contributed by atoms with Crippen molar-refractivity contribution in [3.63, 3.8) is 0 Å². The van der Waals surface area contributed by atoms with E-state index in [0.717, 1.165) is 12.0 Å². The van der Waals surface area contributed by atoms with Crippen molar-refractivity contribution in [1.82, 2.24) is 9.88 Å². The molecule has 3 rings (SSSR count). The van der Waals surface area contributed by atoms with Gasteiger partial charge < -0.3 is 9.64 Å². The Morgan fingerprint density at radius 2 is 2.13 bits per heavy atom. The summed E-state index contributed by atoms with van der Waals surface area (Å²) in [5, 5.41) is 0.881. The lowest BCUT2D eigenvalue weighted by molar-refractivity contribution is 0.0771. The van der Waals surface area contributed by atoms with Crippen LogP contribution < -0.4 is 4.74 Å². The summed E-state index contributed by atoms with van der Waals surface area (Å²) in [6.07, 6.45) is 2.48. The number of hydrogen-bond acceptors (Lipinski definition) is 3. The van der Waals surface area contributed by atoms with Crippen LogP contribution in [0.4, 0.5) is 0 Å². The van der Waals surface area contributed by atoms with Crippen LogP contribution in [-0.4, -0.2) is 35.0 Å². The van der Waals surface area contributed by atoms with Gasteiger partial charge in [0.2, 0.25) is 5.88 Å². The Hall–Kier alpha value is -1.78.